The first kappa shape index (κ1) is 23.8. The van der Waals surface area contributed by atoms with E-state index < -0.39 is 5.60 Å². The van der Waals surface area contributed by atoms with Crippen molar-refractivity contribution in [2.24, 2.45) is 5.92 Å². The van der Waals surface area contributed by atoms with Gasteiger partial charge in [0.25, 0.3) is 0 Å². The number of nitrogens with zero attached hydrogens (tertiary/aromatic N) is 1. The molecule has 0 aliphatic carbocycles. The van der Waals surface area contributed by atoms with Crippen LogP contribution < -0.4 is 4.74 Å². The minimum absolute atomic E-state index is 0.0830. The van der Waals surface area contributed by atoms with Gasteiger partial charge >= 0.3 is 6.09 Å². The Morgan fingerprint density at radius 1 is 0.938 bits per heavy atom. The molecule has 1 fully saturated rings. The maximum Gasteiger partial charge on any atom is 0.410 e. The molecule has 0 spiro atoms. The molecule has 7 heteroatoms. The largest absolute Gasteiger partial charge is 0.457 e. The van der Waals surface area contributed by atoms with Crippen LogP contribution in [-0.2, 0) is 9.53 Å². The van der Waals surface area contributed by atoms with Gasteiger partial charge in [0.05, 0.1) is 6.42 Å². The van der Waals surface area contributed by atoms with E-state index in [0.717, 1.165) is 0 Å². The van der Waals surface area contributed by atoms with E-state index in [2.05, 4.69) is 0 Å². The van der Waals surface area contributed by atoms with E-state index in [-0.39, 0.29) is 30.0 Å². The number of piperidine rings is 1. The Morgan fingerprint density at radius 3 is 2.00 bits per heavy atom. The highest BCUT2D eigenvalue weighted by Gasteiger charge is 2.30. The standard InChI is InChI=1S/C25H28ClNO5/c1-25(2,3)32-24(30)27-14-12-18(13-15-27)23(29)16-22(28)17-4-8-20(9-5-17)31-21-10-6-19(26)7-11-21/h4-11,18H,12-16H2,1-3H3. The quantitative estimate of drug-likeness (QED) is 0.397. The first-order valence-electron chi connectivity index (χ1n) is 10.7. The lowest BCUT2D eigenvalue weighted by Gasteiger charge is -2.32. The predicted molar refractivity (Wildman–Crippen MR) is 122 cm³/mol. The van der Waals surface area contributed by atoms with Gasteiger partial charge < -0.3 is 14.4 Å². The second kappa shape index (κ2) is 10.2. The molecule has 2 aromatic carbocycles. The summed E-state index contributed by atoms with van der Waals surface area (Å²) in [4.78, 5) is 39.0. The van der Waals surface area contributed by atoms with E-state index in [1.807, 2.05) is 20.8 Å². The SMILES string of the molecule is CC(C)(C)OC(=O)N1CCC(C(=O)CC(=O)c2ccc(Oc3ccc(Cl)cc3)cc2)CC1. The summed E-state index contributed by atoms with van der Waals surface area (Å²) in [5.74, 6) is 0.708. The van der Waals surface area contributed by atoms with Crippen molar-refractivity contribution >= 4 is 29.3 Å². The molecule has 0 atom stereocenters. The molecule has 1 heterocycles. The zero-order valence-electron chi connectivity index (χ0n) is 18.6. The van der Waals surface area contributed by atoms with Crippen LogP contribution in [-0.4, -0.2) is 41.3 Å². The molecule has 1 aliphatic heterocycles. The summed E-state index contributed by atoms with van der Waals surface area (Å²) >= 11 is 5.87. The molecule has 1 saturated heterocycles. The van der Waals surface area contributed by atoms with Crippen LogP contribution in [0.15, 0.2) is 48.5 Å². The first-order chi connectivity index (χ1) is 15.1. The van der Waals surface area contributed by atoms with Gasteiger partial charge in [0.1, 0.15) is 22.9 Å². The number of Topliss-reactive ketones (excluding diaryl/α,β-unsaturated/α-hetero) is 2. The number of carbonyl (C=O) groups is 3. The Labute approximate surface area is 193 Å². The fourth-order valence-corrected chi connectivity index (χ4v) is 3.59. The van der Waals surface area contributed by atoms with Crippen molar-refractivity contribution in [2.75, 3.05) is 13.1 Å². The van der Waals surface area contributed by atoms with Gasteiger partial charge in [-0.3, -0.25) is 9.59 Å². The van der Waals surface area contributed by atoms with Crippen LogP contribution in [0, 0.1) is 5.92 Å². The number of carbonyl (C=O) groups excluding carboxylic acids is 3. The summed E-state index contributed by atoms with van der Waals surface area (Å²) in [6.45, 7) is 6.38. The van der Waals surface area contributed by atoms with Crippen LogP contribution in [0.5, 0.6) is 11.5 Å². The number of hydrogen-bond acceptors (Lipinski definition) is 5. The number of hydrogen-bond donors (Lipinski definition) is 0. The van der Waals surface area contributed by atoms with Gasteiger partial charge in [-0.25, -0.2) is 4.79 Å². The van der Waals surface area contributed by atoms with Gasteiger partial charge in [-0.1, -0.05) is 11.6 Å². The minimum Gasteiger partial charge on any atom is -0.457 e. The number of ether oxygens (including phenoxy) is 2. The molecule has 0 N–H and O–H groups in total. The number of likely N-dealkylation sites (tertiary alicyclic amines) is 1. The second-order valence-electron chi connectivity index (χ2n) is 8.89. The Balaban J connectivity index is 1.49. The van der Waals surface area contributed by atoms with Crippen LogP contribution in [0.1, 0.15) is 50.4 Å². The van der Waals surface area contributed by atoms with Gasteiger partial charge in [0.2, 0.25) is 0 Å². The van der Waals surface area contributed by atoms with E-state index in [1.54, 1.807) is 53.4 Å². The summed E-state index contributed by atoms with van der Waals surface area (Å²) in [5.41, 5.74) is -0.0843. The van der Waals surface area contributed by atoms with Crippen LogP contribution in [0.25, 0.3) is 0 Å². The maximum absolute atomic E-state index is 12.6. The highest BCUT2D eigenvalue weighted by molar-refractivity contribution is 6.30. The topological polar surface area (TPSA) is 72.9 Å². The maximum atomic E-state index is 12.6. The summed E-state index contributed by atoms with van der Waals surface area (Å²) in [5, 5.41) is 0.624. The lowest BCUT2D eigenvalue weighted by atomic mass is 9.89. The van der Waals surface area contributed by atoms with Gasteiger partial charge in [0, 0.05) is 29.6 Å². The zero-order chi connectivity index (χ0) is 23.3. The number of rotatable bonds is 6. The normalized spacial score (nSPS) is 14.7. The molecule has 0 radical (unpaired) electrons. The van der Waals surface area contributed by atoms with Gasteiger partial charge in [-0.05, 0) is 82.1 Å². The molecular weight excluding hydrogens is 430 g/mol. The minimum atomic E-state index is -0.550. The Kier molecular flexibility index (Phi) is 7.56. The molecule has 2 aromatic rings. The monoisotopic (exact) mass is 457 g/mol. The fourth-order valence-electron chi connectivity index (χ4n) is 3.46. The fraction of sp³-hybridized carbons (Fsp3) is 0.400. The lowest BCUT2D eigenvalue weighted by molar-refractivity contribution is -0.123. The van der Waals surface area contributed by atoms with Crippen LogP contribution in [0.4, 0.5) is 4.79 Å². The van der Waals surface area contributed by atoms with Crippen molar-refractivity contribution in [3.05, 3.63) is 59.1 Å². The van der Waals surface area contributed by atoms with Gasteiger partial charge in [-0.2, -0.15) is 0 Å². The highest BCUT2D eigenvalue weighted by atomic mass is 35.5. The van der Waals surface area contributed by atoms with Crippen molar-refractivity contribution in [2.45, 2.75) is 45.6 Å². The third-order valence-electron chi connectivity index (χ3n) is 5.16. The Morgan fingerprint density at radius 2 is 1.47 bits per heavy atom. The molecule has 3 rings (SSSR count). The average Bonchev–Trinajstić information content (AvgIpc) is 2.74. The molecule has 0 bridgehead atoms. The van der Waals surface area contributed by atoms with Crippen molar-refractivity contribution in [3.63, 3.8) is 0 Å². The van der Waals surface area contributed by atoms with Crippen molar-refractivity contribution in [3.8, 4) is 11.5 Å². The van der Waals surface area contributed by atoms with E-state index in [9.17, 15) is 14.4 Å². The summed E-state index contributed by atoms with van der Waals surface area (Å²) in [6.07, 6.45) is 0.577. The van der Waals surface area contributed by atoms with Gasteiger partial charge in [0.15, 0.2) is 5.78 Å². The zero-order valence-corrected chi connectivity index (χ0v) is 19.4. The number of benzene rings is 2. The van der Waals surface area contributed by atoms with Crippen molar-refractivity contribution in [1.82, 2.24) is 4.90 Å². The Hall–Kier alpha value is -2.86. The lowest BCUT2D eigenvalue weighted by Crippen LogP contribution is -2.43. The van der Waals surface area contributed by atoms with Crippen LogP contribution >= 0.6 is 11.6 Å². The first-order valence-corrected chi connectivity index (χ1v) is 11.1. The van der Waals surface area contributed by atoms with Crippen LogP contribution in [0.2, 0.25) is 5.02 Å². The second-order valence-corrected chi connectivity index (χ2v) is 9.32. The number of amides is 1. The van der Waals surface area contributed by atoms with E-state index in [4.69, 9.17) is 21.1 Å². The van der Waals surface area contributed by atoms with Crippen LogP contribution in [0.3, 0.4) is 0 Å². The van der Waals surface area contributed by atoms with E-state index >= 15 is 0 Å². The van der Waals surface area contributed by atoms with E-state index in [0.29, 0.717) is 48.0 Å². The molecule has 0 unspecified atom stereocenters. The van der Waals surface area contributed by atoms with Gasteiger partial charge in [-0.15, -0.1) is 0 Å². The van der Waals surface area contributed by atoms with E-state index in [1.165, 1.54) is 0 Å². The van der Waals surface area contributed by atoms with Crippen molar-refractivity contribution < 1.29 is 23.9 Å². The predicted octanol–water partition coefficient (Wildman–Crippen LogP) is 5.92. The molecule has 6 nitrogen and oxygen atoms in total. The highest BCUT2D eigenvalue weighted by Crippen LogP contribution is 2.25. The smallest absolute Gasteiger partial charge is 0.410 e. The summed E-state index contributed by atoms with van der Waals surface area (Å²) < 4.78 is 11.1. The number of ketones is 2. The summed E-state index contributed by atoms with van der Waals surface area (Å²) in [6, 6.07) is 13.7. The van der Waals surface area contributed by atoms with Crippen molar-refractivity contribution in [1.29, 1.82) is 0 Å². The molecule has 0 saturated carbocycles. The molecule has 1 amide bonds. The average molecular weight is 458 g/mol. The summed E-state index contributed by atoms with van der Waals surface area (Å²) in [7, 11) is 0. The molecule has 170 valence electrons. The molecule has 32 heavy (non-hydrogen) atoms. The number of halogens is 1. The third kappa shape index (κ3) is 6.82. The molecule has 0 aromatic heterocycles. The third-order valence-corrected chi connectivity index (χ3v) is 5.41. The Bertz CT molecular complexity index is 955. The molecule has 1 aliphatic rings. The molecular formula is C25H28ClNO5.